The van der Waals surface area contributed by atoms with Crippen LogP contribution < -0.4 is 138 Å². The molecule has 0 unspecified atom stereocenters. The van der Waals surface area contributed by atoms with Gasteiger partial charge in [0.05, 0.1) is 5.69 Å². The maximum atomic E-state index is 12.1. The van der Waals surface area contributed by atoms with Crippen LogP contribution in [0.5, 0.6) is 0 Å². The second kappa shape index (κ2) is 20.5. The van der Waals surface area contributed by atoms with Crippen LogP contribution in [0.15, 0.2) is 41.1 Å². The number of rotatable bonds is 12. The van der Waals surface area contributed by atoms with Gasteiger partial charge >= 0.3 is 118 Å². The molecular formula is C20H31N3Na4O6P2. The summed E-state index contributed by atoms with van der Waals surface area (Å²) in [5.41, 5.74) is 2.88. The smallest absolute Gasteiger partial charge is 0.810 e. The molecule has 0 aliphatic heterocycles. The van der Waals surface area contributed by atoms with Gasteiger partial charge in [0.1, 0.15) is 0 Å². The van der Waals surface area contributed by atoms with Gasteiger partial charge < -0.3 is 28.7 Å². The molecule has 0 saturated heterocycles. The van der Waals surface area contributed by atoms with Crippen LogP contribution in [-0.2, 0) is 22.1 Å². The first-order valence-corrected chi connectivity index (χ1v) is 13.1. The Labute approximate surface area is 297 Å². The van der Waals surface area contributed by atoms with Gasteiger partial charge in [0.2, 0.25) is 0 Å². The topological polar surface area (TPSA) is 157 Å². The second-order valence-electron chi connectivity index (χ2n) is 8.27. The molecule has 0 radical (unpaired) electrons. The van der Waals surface area contributed by atoms with E-state index in [1.807, 2.05) is 39.8 Å². The number of aromatic nitrogens is 3. The monoisotopic (exact) mass is 563 g/mol. The van der Waals surface area contributed by atoms with Crippen molar-refractivity contribution in [1.29, 1.82) is 0 Å². The number of aryl methyl sites for hydroxylation is 1. The third kappa shape index (κ3) is 15.9. The van der Waals surface area contributed by atoms with Crippen LogP contribution in [0.25, 0.3) is 0 Å². The van der Waals surface area contributed by atoms with E-state index in [4.69, 9.17) is 0 Å². The Hall–Kier alpha value is 2.66. The summed E-state index contributed by atoms with van der Waals surface area (Å²) >= 11 is 0. The molecule has 0 atom stereocenters. The van der Waals surface area contributed by atoms with Crippen LogP contribution >= 0.6 is 15.2 Å². The van der Waals surface area contributed by atoms with Crippen molar-refractivity contribution in [2.75, 3.05) is 0 Å². The van der Waals surface area contributed by atoms with Gasteiger partial charge in [-0.1, -0.05) is 55.4 Å². The molecule has 9 nitrogen and oxygen atoms in total. The standard InChI is InChI=1S/C20H35N3O6P2.4Na/c1-16(2)8-6-10-18(5)11-12-20(30(24,25)26,31(27,28)29)14-19-15-23(22-21-19)13-7-9-17(3)4;;;;/h8-9,11,15H,6-7,10,12-14H2,1-5H3,(H2,24,25,26)(H2,27,28,29);;;;/q;4*+1/p-4/b18-11+;;;;. The van der Waals surface area contributed by atoms with Crippen LogP contribution in [-0.4, -0.2) is 19.9 Å². The summed E-state index contributed by atoms with van der Waals surface area (Å²) in [6.45, 7) is 9.89. The Morgan fingerprint density at radius 3 is 1.83 bits per heavy atom. The Kier molecular flexibility index (Phi) is 26.2. The second-order valence-corrected chi connectivity index (χ2v) is 12.3. The van der Waals surface area contributed by atoms with Crippen molar-refractivity contribution in [3.63, 3.8) is 0 Å². The summed E-state index contributed by atoms with van der Waals surface area (Å²) in [6, 6.07) is 0. The molecule has 0 saturated carbocycles. The Morgan fingerprint density at radius 2 is 1.37 bits per heavy atom. The number of hydrogen-bond acceptors (Lipinski definition) is 8. The molecule has 0 spiro atoms. The summed E-state index contributed by atoms with van der Waals surface area (Å²) in [5.74, 6) is 0. The molecule has 0 bridgehead atoms. The first-order chi connectivity index (χ1) is 14.2. The van der Waals surface area contributed by atoms with Gasteiger partial charge in [-0.05, 0) is 60.3 Å². The summed E-state index contributed by atoms with van der Waals surface area (Å²) in [7, 11) is -11.7. The van der Waals surface area contributed by atoms with Crippen molar-refractivity contribution < 1.29 is 147 Å². The van der Waals surface area contributed by atoms with Gasteiger partial charge in [-0.15, -0.1) is 5.10 Å². The van der Waals surface area contributed by atoms with E-state index in [0.29, 0.717) is 31.4 Å². The fourth-order valence-corrected chi connectivity index (χ4v) is 5.51. The van der Waals surface area contributed by atoms with Crippen LogP contribution in [0.3, 0.4) is 0 Å². The molecule has 0 N–H and O–H groups in total. The van der Waals surface area contributed by atoms with E-state index in [1.54, 1.807) is 6.92 Å². The van der Waals surface area contributed by atoms with E-state index in [1.165, 1.54) is 17.0 Å². The number of hydrogen-bond donors (Lipinski definition) is 0. The van der Waals surface area contributed by atoms with Crippen LogP contribution in [0.1, 0.15) is 66.0 Å². The molecule has 1 aromatic heterocycles. The SMILES string of the molecule is CC(C)=CCC/C(C)=C/CC(Cc1cn(CCC=C(C)C)nn1)(P(=O)([O-])[O-])P(=O)([O-])[O-].[Na+].[Na+].[Na+].[Na+]. The minimum Gasteiger partial charge on any atom is -0.810 e. The summed E-state index contributed by atoms with van der Waals surface area (Å²) in [6.07, 6.45) is 7.00. The molecule has 35 heavy (non-hydrogen) atoms. The normalized spacial score (nSPS) is 11.7. The van der Waals surface area contributed by atoms with Gasteiger partial charge in [-0.2, -0.15) is 0 Å². The van der Waals surface area contributed by atoms with E-state index < -0.39 is 32.9 Å². The number of allylic oxidation sites excluding steroid dienone is 6. The first-order valence-electron chi connectivity index (χ1n) is 10.0. The quantitative estimate of drug-likeness (QED) is 0.138. The molecule has 0 amide bonds. The van der Waals surface area contributed by atoms with E-state index in [-0.39, 0.29) is 124 Å². The van der Waals surface area contributed by atoms with Crippen LogP contribution in [0, 0.1) is 0 Å². The van der Waals surface area contributed by atoms with Crippen molar-refractivity contribution >= 4 is 15.2 Å². The maximum Gasteiger partial charge on any atom is 1.00 e. The molecule has 0 aromatic carbocycles. The molecule has 0 fully saturated rings. The van der Waals surface area contributed by atoms with E-state index in [2.05, 4.69) is 10.3 Å². The zero-order valence-corrected chi connectivity index (χ0v) is 32.5. The van der Waals surface area contributed by atoms with E-state index in [0.717, 1.165) is 11.1 Å². The summed E-state index contributed by atoms with van der Waals surface area (Å²) < 4.78 is 25.6. The van der Waals surface area contributed by atoms with Gasteiger partial charge in [0, 0.05) is 24.1 Å². The van der Waals surface area contributed by atoms with Crippen LogP contribution in [0.2, 0.25) is 0 Å². The molecule has 15 heteroatoms. The fourth-order valence-electron chi connectivity index (χ4n) is 2.97. The molecule has 0 aliphatic carbocycles. The molecule has 0 aliphatic rings. The van der Waals surface area contributed by atoms with Crippen molar-refractivity contribution in [2.45, 2.75) is 78.2 Å². The molecule has 176 valence electrons. The van der Waals surface area contributed by atoms with Gasteiger partial charge in [-0.3, -0.25) is 4.68 Å². The van der Waals surface area contributed by atoms with E-state index in [9.17, 15) is 28.7 Å². The van der Waals surface area contributed by atoms with Crippen molar-refractivity contribution in [1.82, 2.24) is 15.0 Å². The largest absolute Gasteiger partial charge is 1.00 e. The molecular weight excluding hydrogens is 532 g/mol. The molecule has 1 rings (SSSR count). The summed E-state index contributed by atoms with van der Waals surface area (Å²) in [5, 5.41) is 7.63. The van der Waals surface area contributed by atoms with Crippen LogP contribution in [0.4, 0.5) is 0 Å². The predicted molar refractivity (Wildman–Crippen MR) is 113 cm³/mol. The Bertz CT molecular complexity index is 911. The predicted octanol–water partition coefficient (Wildman–Crippen LogP) is -10.2. The average molecular weight is 563 g/mol. The average Bonchev–Trinajstić information content (AvgIpc) is 3.03. The third-order valence-corrected chi connectivity index (χ3v) is 9.04. The number of nitrogens with zero attached hydrogens (tertiary/aromatic N) is 3. The minimum atomic E-state index is -5.85. The zero-order valence-electron chi connectivity index (χ0n) is 22.7. The van der Waals surface area contributed by atoms with E-state index >= 15 is 0 Å². The van der Waals surface area contributed by atoms with Gasteiger partial charge in [0.25, 0.3) is 0 Å². The third-order valence-electron chi connectivity index (χ3n) is 4.85. The van der Waals surface area contributed by atoms with Gasteiger partial charge in [0.15, 0.2) is 0 Å². The molecule has 1 heterocycles. The van der Waals surface area contributed by atoms with Crippen molar-refractivity contribution in [3.05, 3.63) is 46.8 Å². The fraction of sp³-hybridized carbons (Fsp3) is 0.600. The maximum absolute atomic E-state index is 12.1. The minimum absolute atomic E-state index is 0. The Morgan fingerprint density at radius 1 is 0.886 bits per heavy atom. The first kappa shape index (κ1) is 44.7. The Balaban J connectivity index is -0.00000120. The zero-order chi connectivity index (χ0) is 23.9. The molecule has 1 aromatic rings. The van der Waals surface area contributed by atoms with Crippen molar-refractivity contribution in [3.8, 4) is 0 Å². The van der Waals surface area contributed by atoms with Gasteiger partial charge in [-0.25, -0.2) is 0 Å². The van der Waals surface area contributed by atoms with Crippen molar-refractivity contribution in [2.24, 2.45) is 0 Å². The summed E-state index contributed by atoms with van der Waals surface area (Å²) in [4.78, 5) is 45.3.